The molecular formula is C34H30BrClN4O5S. The van der Waals surface area contributed by atoms with Crippen molar-refractivity contribution in [3.8, 4) is 11.5 Å². The number of hydrazone groups is 1. The molecule has 5 rings (SSSR count). The summed E-state index contributed by atoms with van der Waals surface area (Å²) >= 11 is 15.4. The van der Waals surface area contributed by atoms with Crippen LogP contribution in [0.25, 0.3) is 10.8 Å². The van der Waals surface area contributed by atoms with Gasteiger partial charge in [0.15, 0.2) is 17.5 Å². The molecule has 1 atom stereocenters. The number of carbonyl (C=O) groups is 2. The molecular weight excluding hydrogens is 692 g/mol. The van der Waals surface area contributed by atoms with Gasteiger partial charge in [0, 0.05) is 11.3 Å². The van der Waals surface area contributed by atoms with Crippen LogP contribution in [-0.2, 0) is 20.9 Å². The highest BCUT2D eigenvalue weighted by Gasteiger charge is 2.32. The Labute approximate surface area is 285 Å². The predicted octanol–water partition coefficient (Wildman–Crippen LogP) is 6.72. The summed E-state index contributed by atoms with van der Waals surface area (Å²) in [4.78, 5) is 25.4. The van der Waals surface area contributed by atoms with E-state index in [1.165, 1.54) is 6.21 Å². The van der Waals surface area contributed by atoms with E-state index < -0.39 is 17.9 Å². The smallest absolute Gasteiger partial charge is 0.338 e. The first-order valence-corrected chi connectivity index (χ1v) is 15.9. The Morgan fingerprint density at radius 1 is 1.07 bits per heavy atom. The van der Waals surface area contributed by atoms with Crippen molar-refractivity contribution >= 4 is 73.7 Å². The molecule has 0 bridgehead atoms. The van der Waals surface area contributed by atoms with Crippen LogP contribution in [0.1, 0.15) is 36.6 Å². The summed E-state index contributed by atoms with van der Waals surface area (Å²) in [6, 6.07) is 24.1. The number of rotatable bonds is 11. The molecule has 0 radical (unpaired) electrons. The van der Waals surface area contributed by atoms with Crippen molar-refractivity contribution in [1.29, 1.82) is 0 Å². The van der Waals surface area contributed by atoms with Gasteiger partial charge in [-0.3, -0.25) is 4.79 Å². The molecule has 0 aromatic heterocycles. The molecule has 4 aromatic carbocycles. The number of fused-ring (bicyclic) bond motifs is 1. The number of hydrogen-bond acceptors (Lipinski definition) is 7. The Morgan fingerprint density at radius 2 is 1.83 bits per heavy atom. The van der Waals surface area contributed by atoms with Crippen LogP contribution in [0.5, 0.6) is 11.5 Å². The quantitative estimate of drug-likeness (QED) is 0.0678. The lowest BCUT2D eigenvalue weighted by Crippen LogP contribution is -2.45. The molecule has 1 amide bonds. The minimum absolute atomic E-state index is 0.221. The molecule has 236 valence electrons. The Kier molecular flexibility index (Phi) is 10.9. The van der Waals surface area contributed by atoms with E-state index in [4.69, 9.17) is 38.0 Å². The molecule has 1 aliphatic rings. The van der Waals surface area contributed by atoms with Crippen LogP contribution in [0.2, 0.25) is 5.02 Å². The van der Waals surface area contributed by atoms with Crippen molar-refractivity contribution in [3.05, 3.63) is 116 Å². The molecule has 0 unspecified atom stereocenters. The van der Waals surface area contributed by atoms with E-state index >= 15 is 0 Å². The third kappa shape index (κ3) is 7.85. The molecule has 0 aliphatic carbocycles. The molecule has 46 heavy (non-hydrogen) atoms. The van der Waals surface area contributed by atoms with Gasteiger partial charge >= 0.3 is 5.97 Å². The first-order valence-electron chi connectivity index (χ1n) is 14.3. The monoisotopic (exact) mass is 720 g/mol. The van der Waals surface area contributed by atoms with Gasteiger partial charge in [0.1, 0.15) is 12.4 Å². The van der Waals surface area contributed by atoms with Gasteiger partial charge in [0.05, 0.1) is 33.9 Å². The number of para-hydroxylation sites is 1. The number of esters is 1. The van der Waals surface area contributed by atoms with Gasteiger partial charge in [-0.1, -0.05) is 72.3 Å². The largest absolute Gasteiger partial charge is 0.486 e. The highest BCUT2D eigenvalue weighted by Crippen LogP contribution is 2.36. The van der Waals surface area contributed by atoms with Crippen molar-refractivity contribution < 1.29 is 23.8 Å². The Hall–Kier alpha value is -4.45. The zero-order valence-corrected chi connectivity index (χ0v) is 28.1. The summed E-state index contributed by atoms with van der Waals surface area (Å²) in [5.41, 5.74) is 5.71. The molecule has 0 saturated carbocycles. The van der Waals surface area contributed by atoms with E-state index in [1.54, 1.807) is 50.2 Å². The van der Waals surface area contributed by atoms with Crippen LogP contribution in [0.15, 0.2) is 99.7 Å². The topological polar surface area (TPSA) is 110 Å². The van der Waals surface area contributed by atoms with Crippen LogP contribution >= 0.6 is 39.7 Å². The maximum absolute atomic E-state index is 12.8. The lowest BCUT2D eigenvalue weighted by Gasteiger charge is -2.30. The second-order valence-electron chi connectivity index (χ2n) is 10.2. The molecule has 1 heterocycles. The number of carbonyl (C=O) groups excluding carboxylic acids is 2. The minimum Gasteiger partial charge on any atom is -0.486 e. The highest BCUT2D eigenvalue weighted by atomic mass is 79.9. The number of nitrogens with one attached hydrogen (secondary N) is 3. The molecule has 0 fully saturated rings. The second kappa shape index (κ2) is 15.2. The summed E-state index contributed by atoms with van der Waals surface area (Å²) in [5.74, 6) is -0.0702. The maximum Gasteiger partial charge on any atom is 0.338 e. The second-order valence-corrected chi connectivity index (χ2v) is 11.8. The van der Waals surface area contributed by atoms with Gasteiger partial charge < -0.3 is 24.8 Å². The van der Waals surface area contributed by atoms with Gasteiger partial charge in [-0.2, -0.15) is 5.10 Å². The van der Waals surface area contributed by atoms with Crippen LogP contribution in [0.3, 0.4) is 0 Å². The Bertz CT molecular complexity index is 1840. The van der Waals surface area contributed by atoms with Crippen LogP contribution in [-0.4, -0.2) is 36.4 Å². The van der Waals surface area contributed by atoms with Gasteiger partial charge in [0.2, 0.25) is 0 Å². The third-order valence-electron chi connectivity index (χ3n) is 7.03. The molecule has 0 saturated heterocycles. The number of nitrogens with zero attached hydrogens (tertiary/aromatic N) is 1. The molecule has 3 N–H and O–H groups in total. The van der Waals surface area contributed by atoms with Crippen molar-refractivity contribution in [1.82, 2.24) is 16.1 Å². The SMILES string of the molecule is CCOC(=O)C1=C(C)NC(=S)N[C@@H]1c1ccccc1OCC(=O)NN=Cc1cc(Cl)c(OCc2cccc3ccccc23)c(Br)c1. The Morgan fingerprint density at radius 3 is 2.63 bits per heavy atom. The number of halogens is 2. The fraction of sp³-hybridized carbons (Fsp3) is 0.176. The van der Waals surface area contributed by atoms with Crippen molar-refractivity contribution in [2.45, 2.75) is 26.5 Å². The van der Waals surface area contributed by atoms with E-state index in [-0.39, 0.29) is 13.2 Å². The first-order chi connectivity index (χ1) is 22.2. The number of benzene rings is 4. The zero-order chi connectivity index (χ0) is 32.6. The number of amides is 1. The van der Waals surface area contributed by atoms with Gasteiger partial charge in [-0.25, -0.2) is 10.2 Å². The fourth-order valence-electron chi connectivity index (χ4n) is 4.97. The summed E-state index contributed by atoms with van der Waals surface area (Å²) in [5, 5.41) is 13.1. The summed E-state index contributed by atoms with van der Waals surface area (Å²) < 4.78 is 17.8. The summed E-state index contributed by atoms with van der Waals surface area (Å²) in [6.45, 7) is 3.72. The lowest BCUT2D eigenvalue weighted by atomic mass is 9.95. The van der Waals surface area contributed by atoms with E-state index in [0.717, 1.165) is 16.3 Å². The molecule has 1 aliphatic heterocycles. The zero-order valence-electron chi connectivity index (χ0n) is 24.9. The van der Waals surface area contributed by atoms with Gasteiger partial charge in [0.25, 0.3) is 5.91 Å². The number of ether oxygens (including phenoxy) is 3. The number of hydrogen-bond donors (Lipinski definition) is 3. The molecule has 12 heteroatoms. The average Bonchev–Trinajstić information content (AvgIpc) is 3.03. The first kappa shape index (κ1) is 32.9. The summed E-state index contributed by atoms with van der Waals surface area (Å²) in [7, 11) is 0. The molecule has 9 nitrogen and oxygen atoms in total. The number of allylic oxidation sites excluding steroid dienone is 1. The van der Waals surface area contributed by atoms with Crippen LogP contribution in [0.4, 0.5) is 0 Å². The van der Waals surface area contributed by atoms with Crippen molar-refractivity contribution in [2.75, 3.05) is 13.2 Å². The Balaban J connectivity index is 1.20. The predicted molar refractivity (Wildman–Crippen MR) is 186 cm³/mol. The van der Waals surface area contributed by atoms with Crippen LogP contribution in [0, 0.1) is 0 Å². The highest BCUT2D eigenvalue weighted by molar-refractivity contribution is 9.10. The van der Waals surface area contributed by atoms with Crippen LogP contribution < -0.4 is 25.5 Å². The normalized spacial score (nSPS) is 14.5. The molecule has 4 aromatic rings. The third-order valence-corrected chi connectivity index (χ3v) is 8.12. The molecule has 0 spiro atoms. The maximum atomic E-state index is 12.8. The van der Waals surface area contributed by atoms with E-state index in [2.05, 4.69) is 55.3 Å². The average molecular weight is 722 g/mol. The lowest BCUT2D eigenvalue weighted by molar-refractivity contribution is -0.139. The fourth-order valence-corrected chi connectivity index (χ4v) is 6.23. The standard InChI is InChI=1S/C34H30BrClN4O5S/c1-3-43-33(42)30-20(2)38-34(46)39-31(30)25-13-6-7-14-28(25)44-19-29(41)40-37-17-21-15-26(35)32(27(36)16-21)45-18-23-11-8-10-22-9-4-5-12-24(22)23/h4-17,31H,3,18-19H2,1-2H3,(H,40,41)(H2,38,39,46)/t31-/m1/s1. The van der Waals surface area contributed by atoms with Crippen molar-refractivity contribution in [3.63, 3.8) is 0 Å². The van der Waals surface area contributed by atoms with E-state index in [1.807, 2.05) is 24.3 Å². The van der Waals surface area contributed by atoms with Gasteiger partial charge in [-0.05, 0) is 82.1 Å². The van der Waals surface area contributed by atoms with E-state index in [9.17, 15) is 9.59 Å². The number of thiocarbonyl (C=S) groups is 1. The van der Waals surface area contributed by atoms with Crippen molar-refractivity contribution in [2.24, 2.45) is 5.10 Å². The van der Waals surface area contributed by atoms with E-state index in [0.29, 0.717) is 55.1 Å². The summed E-state index contributed by atoms with van der Waals surface area (Å²) in [6.07, 6.45) is 1.47. The minimum atomic E-state index is -0.632. The van der Waals surface area contributed by atoms with Gasteiger partial charge in [-0.15, -0.1) is 0 Å².